The van der Waals surface area contributed by atoms with E-state index >= 15 is 0 Å². The van der Waals surface area contributed by atoms with Crippen molar-refractivity contribution in [3.63, 3.8) is 0 Å². The Morgan fingerprint density at radius 2 is 1.97 bits per heavy atom. The van der Waals surface area contributed by atoms with Crippen LogP contribution in [0.4, 0.5) is 4.79 Å². The Kier molecular flexibility index (Phi) is 11.9. The predicted molar refractivity (Wildman–Crippen MR) is 132 cm³/mol. The van der Waals surface area contributed by atoms with E-state index in [4.69, 9.17) is 14.5 Å². The monoisotopic (exact) mass is 532 g/mol. The van der Waals surface area contributed by atoms with E-state index in [-0.39, 0.29) is 36.1 Å². The summed E-state index contributed by atoms with van der Waals surface area (Å²) in [5.74, 6) is 1.81. The number of benzene rings is 1. The van der Waals surface area contributed by atoms with E-state index in [0.29, 0.717) is 6.61 Å². The number of rotatable bonds is 8. The Morgan fingerprint density at radius 3 is 2.63 bits per heavy atom. The third-order valence-corrected chi connectivity index (χ3v) is 4.37. The van der Waals surface area contributed by atoms with Crippen LogP contribution in [-0.2, 0) is 4.74 Å². The summed E-state index contributed by atoms with van der Waals surface area (Å²) in [5.41, 5.74) is -0.483. The fraction of sp³-hybridized carbons (Fsp3) is 0.636. The molecule has 1 aromatic carbocycles. The number of carbonyl (C=O) groups is 1. The van der Waals surface area contributed by atoms with Crippen molar-refractivity contribution in [1.82, 2.24) is 15.5 Å². The van der Waals surface area contributed by atoms with Crippen LogP contribution < -0.4 is 15.4 Å². The maximum Gasteiger partial charge on any atom is 0.407 e. The standard InChI is InChI=1S/C22H36N4O3.HI/c1-5-23-20(24-14-9-10-16-28-19-11-7-6-8-12-19)26-15-13-18(17-26)25-21(27)29-22(2,3)4;/h6-8,11-12,18H,5,9-10,13-17H2,1-4H3,(H,23,24)(H,25,27);1H/t18-;/m1./s1. The molecule has 30 heavy (non-hydrogen) atoms. The minimum atomic E-state index is -0.483. The molecule has 1 amide bonds. The lowest BCUT2D eigenvalue weighted by Gasteiger charge is -2.23. The van der Waals surface area contributed by atoms with Gasteiger partial charge >= 0.3 is 6.09 Å². The van der Waals surface area contributed by atoms with Gasteiger partial charge in [0.25, 0.3) is 0 Å². The van der Waals surface area contributed by atoms with Gasteiger partial charge in [0.15, 0.2) is 5.96 Å². The van der Waals surface area contributed by atoms with Crippen LogP contribution in [-0.4, -0.2) is 61.4 Å². The van der Waals surface area contributed by atoms with Crippen LogP contribution in [0.2, 0.25) is 0 Å². The Bertz CT molecular complexity index is 650. The van der Waals surface area contributed by atoms with Crippen LogP contribution in [0, 0.1) is 0 Å². The number of ether oxygens (including phenoxy) is 2. The second-order valence-corrected chi connectivity index (χ2v) is 8.18. The lowest BCUT2D eigenvalue weighted by molar-refractivity contribution is 0.0507. The van der Waals surface area contributed by atoms with Crippen molar-refractivity contribution >= 4 is 36.0 Å². The first-order chi connectivity index (χ1) is 13.9. The number of para-hydroxylation sites is 1. The summed E-state index contributed by atoms with van der Waals surface area (Å²) in [6, 6.07) is 9.95. The molecular weight excluding hydrogens is 495 g/mol. The highest BCUT2D eigenvalue weighted by Crippen LogP contribution is 2.12. The van der Waals surface area contributed by atoms with Crippen molar-refractivity contribution < 1.29 is 14.3 Å². The van der Waals surface area contributed by atoms with Crippen molar-refractivity contribution in [2.75, 3.05) is 32.8 Å². The molecule has 0 aromatic heterocycles. The molecule has 0 radical (unpaired) electrons. The van der Waals surface area contributed by atoms with Crippen molar-refractivity contribution in [2.24, 2.45) is 4.99 Å². The number of likely N-dealkylation sites (tertiary alicyclic amines) is 1. The number of unbranched alkanes of at least 4 members (excludes halogenated alkanes) is 1. The number of halogens is 1. The molecule has 2 rings (SSSR count). The van der Waals surface area contributed by atoms with E-state index in [1.54, 1.807) is 0 Å². The molecule has 8 heteroatoms. The molecule has 1 aromatic rings. The van der Waals surface area contributed by atoms with Crippen LogP contribution in [0.1, 0.15) is 47.0 Å². The summed E-state index contributed by atoms with van der Waals surface area (Å²) < 4.78 is 11.1. The second-order valence-electron chi connectivity index (χ2n) is 8.18. The zero-order valence-corrected chi connectivity index (χ0v) is 21.0. The van der Waals surface area contributed by atoms with Gasteiger partial charge in [-0.2, -0.15) is 0 Å². The molecule has 0 unspecified atom stereocenters. The zero-order valence-electron chi connectivity index (χ0n) is 18.6. The summed E-state index contributed by atoms with van der Waals surface area (Å²) in [4.78, 5) is 18.9. The summed E-state index contributed by atoms with van der Waals surface area (Å²) in [6.45, 7) is 11.5. The normalized spacial score (nSPS) is 16.6. The van der Waals surface area contributed by atoms with E-state index in [1.807, 2.05) is 51.1 Å². The van der Waals surface area contributed by atoms with Crippen LogP contribution in [0.3, 0.4) is 0 Å². The van der Waals surface area contributed by atoms with Gasteiger partial charge in [-0.1, -0.05) is 18.2 Å². The molecule has 7 nitrogen and oxygen atoms in total. The van der Waals surface area contributed by atoms with Crippen molar-refractivity contribution in [3.05, 3.63) is 30.3 Å². The number of alkyl carbamates (subject to hydrolysis) is 1. The highest BCUT2D eigenvalue weighted by molar-refractivity contribution is 14.0. The molecule has 1 atom stereocenters. The van der Waals surface area contributed by atoms with E-state index < -0.39 is 5.60 Å². The quantitative estimate of drug-likeness (QED) is 0.229. The summed E-state index contributed by atoms with van der Waals surface area (Å²) in [7, 11) is 0. The summed E-state index contributed by atoms with van der Waals surface area (Å²) in [5, 5.41) is 6.31. The van der Waals surface area contributed by atoms with Crippen LogP contribution in [0.5, 0.6) is 5.75 Å². The minimum absolute atomic E-state index is 0. The van der Waals surface area contributed by atoms with Crippen molar-refractivity contribution in [2.45, 2.75) is 58.6 Å². The third-order valence-electron chi connectivity index (χ3n) is 4.37. The molecule has 1 aliphatic heterocycles. The Hall–Kier alpha value is -1.71. The molecule has 0 spiro atoms. The van der Waals surface area contributed by atoms with Crippen molar-refractivity contribution in [1.29, 1.82) is 0 Å². The smallest absolute Gasteiger partial charge is 0.407 e. The van der Waals surface area contributed by atoms with E-state index in [0.717, 1.165) is 57.2 Å². The van der Waals surface area contributed by atoms with Gasteiger partial charge in [0.05, 0.1) is 12.6 Å². The molecule has 1 aliphatic rings. The Balaban J connectivity index is 0.00000450. The summed E-state index contributed by atoms with van der Waals surface area (Å²) in [6.07, 6.45) is 2.45. The van der Waals surface area contributed by atoms with Gasteiger partial charge in [-0.25, -0.2) is 4.79 Å². The maximum atomic E-state index is 12.0. The molecule has 2 N–H and O–H groups in total. The average molecular weight is 532 g/mol. The average Bonchev–Trinajstić information content (AvgIpc) is 3.11. The molecular formula is C22H37IN4O3. The number of nitrogens with zero attached hydrogens (tertiary/aromatic N) is 2. The molecule has 0 saturated carbocycles. The molecule has 1 fully saturated rings. The van der Waals surface area contributed by atoms with Gasteiger partial charge in [0.2, 0.25) is 0 Å². The molecule has 170 valence electrons. The van der Waals surface area contributed by atoms with Gasteiger partial charge in [0, 0.05) is 26.2 Å². The highest BCUT2D eigenvalue weighted by atomic mass is 127. The fourth-order valence-electron chi connectivity index (χ4n) is 3.08. The Labute approximate surface area is 198 Å². The van der Waals surface area contributed by atoms with Crippen LogP contribution in [0.25, 0.3) is 0 Å². The minimum Gasteiger partial charge on any atom is -0.494 e. The maximum absolute atomic E-state index is 12.0. The first kappa shape index (κ1) is 26.3. The van der Waals surface area contributed by atoms with E-state index in [9.17, 15) is 4.79 Å². The third kappa shape index (κ3) is 10.4. The number of hydrogen-bond donors (Lipinski definition) is 2. The van der Waals surface area contributed by atoms with Crippen LogP contribution in [0.15, 0.2) is 35.3 Å². The number of guanidine groups is 1. The SMILES string of the molecule is CCNC(=NCCCCOc1ccccc1)N1CC[C@@H](NC(=O)OC(C)(C)C)C1.I. The number of carbonyl (C=O) groups excluding carboxylic acids is 1. The van der Waals surface area contributed by atoms with Crippen molar-refractivity contribution in [3.8, 4) is 5.75 Å². The first-order valence-electron chi connectivity index (χ1n) is 10.6. The Morgan fingerprint density at radius 1 is 1.23 bits per heavy atom. The molecule has 1 heterocycles. The predicted octanol–water partition coefficient (Wildman–Crippen LogP) is 4.03. The number of aliphatic imine (C=N–C) groups is 1. The first-order valence-corrected chi connectivity index (χ1v) is 10.6. The van der Waals surface area contributed by atoms with Gasteiger partial charge in [-0.3, -0.25) is 4.99 Å². The largest absolute Gasteiger partial charge is 0.494 e. The van der Waals surface area contributed by atoms with E-state index in [1.165, 1.54) is 0 Å². The topological polar surface area (TPSA) is 75.2 Å². The van der Waals surface area contributed by atoms with Crippen LogP contribution >= 0.6 is 24.0 Å². The summed E-state index contributed by atoms with van der Waals surface area (Å²) >= 11 is 0. The van der Waals surface area contributed by atoms with Gasteiger partial charge in [0.1, 0.15) is 11.4 Å². The lowest BCUT2D eigenvalue weighted by atomic mass is 10.2. The molecule has 0 aliphatic carbocycles. The molecule has 1 saturated heterocycles. The number of hydrogen-bond acceptors (Lipinski definition) is 4. The molecule has 0 bridgehead atoms. The fourth-order valence-corrected chi connectivity index (χ4v) is 3.08. The lowest BCUT2D eigenvalue weighted by Crippen LogP contribution is -2.44. The second kappa shape index (κ2) is 13.6. The van der Waals surface area contributed by atoms with Gasteiger partial charge in [-0.05, 0) is 59.1 Å². The zero-order chi connectivity index (χ0) is 21.1. The number of amides is 1. The number of nitrogens with one attached hydrogen (secondary N) is 2. The van der Waals surface area contributed by atoms with Gasteiger partial charge < -0.3 is 25.0 Å². The van der Waals surface area contributed by atoms with Gasteiger partial charge in [-0.15, -0.1) is 24.0 Å². The van der Waals surface area contributed by atoms with E-state index in [2.05, 4.69) is 22.5 Å². The highest BCUT2D eigenvalue weighted by Gasteiger charge is 2.27.